The van der Waals surface area contributed by atoms with Gasteiger partial charge in [0.15, 0.2) is 0 Å². The fourth-order valence-corrected chi connectivity index (χ4v) is 2.21. The lowest BCUT2D eigenvalue weighted by molar-refractivity contribution is 0.687. The molecule has 0 radical (unpaired) electrons. The Hall–Kier alpha value is -2.11. The van der Waals surface area contributed by atoms with Gasteiger partial charge in [-0.15, -0.1) is 0 Å². The van der Waals surface area contributed by atoms with Gasteiger partial charge in [-0.3, -0.25) is 0 Å². The fraction of sp³-hybridized carbons (Fsp3) is 0.235. The summed E-state index contributed by atoms with van der Waals surface area (Å²) in [6, 6.07) is 16.3. The summed E-state index contributed by atoms with van der Waals surface area (Å²) in [5.74, 6) is 0. The number of nitrogens with zero attached hydrogens (tertiary/aromatic N) is 1. The van der Waals surface area contributed by atoms with Crippen LogP contribution in [0.15, 0.2) is 42.5 Å². The topological polar surface area (TPSA) is 35.8 Å². The van der Waals surface area contributed by atoms with Crippen molar-refractivity contribution in [3.63, 3.8) is 0 Å². The van der Waals surface area contributed by atoms with Gasteiger partial charge in [0.1, 0.15) is 0 Å². The molecule has 0 saturated heterocycles. The van der Waals surface area contributed by atoms with E-state index in [1.54, 1.807) is 0 Å². The minimum atomic E-state index is 0.714. The Balaban J connectivity index is 1.99. The Kier molecular flexibility index (Phi) is 4.33. The second-order valence-electron chi connectivity index (χ2n) is 4.79. The van der Waals surface area contributed by atoms with Gasteiger partial charge in [-0.25, -0.2) is 0 Å². The molecule has 0 bridgehead atoms. The molecule has 0 spiro atoms. The van der Waals surface area contributed by atoms with Crippen molar-refractivity contribution in [3.8, 4) is 6.07 Å². The summed E-state index contributed by atoms with van der Waals surface area (Å²) in [4.78, 5) is 0. The molecular formula is C17H18N2. The Labute approximate surface area is 114 Å². The summed E-state index contributed by atoms with van der Waals surface area (Å²) >= 11 is 0. The van der Waals surface area contributed by atoms with Crippen LogP contribution in [0.2, 0.25) is 0 Å². The van der Waals surface area contributed by atoms with E-state index in [1.165, 1.54) is 16.7 Å². The second-order valence-corrected chi connectivity index (χ2v) is 4.79. The maximum atomic E-state index is 8.87. The van der Waals surface area contributed by atoms with Crippen molar-refractivity contribution in [2.75, 3.05) is 0 Å². The first-order valence-corrected chi connectivity index (χ1v) is 6.45. The van der Waals surface area contributed by atoms with Gasteiger partial charge >= 0.3 is 0 Å². The molecule has 0 heterocycles. The van der Waals surface area contributed by atoms with E-state index in [0.717, 1.165) is 18.7 Å². The molecule has 0 unspecified atom stereocenters. The molecule has 2 rings (SSSR count). The smallest absolute Gasteiger partial charge is 0.0991 e. The van der Waals surface area contributed by atoms with E-state index < -0.39 is 0 Å². The van der Waals surface area contributed by atoms with Gasteiger partial charge in [0.25, 0.3) is 0 Å². The zero-order valence-electron chi connectivity index (χ0n) is 11.4. The van der Waals surface area contributed by atoms with Crippen molar-refractivity contribution in [3.05, 3.63) is 70.3 Å². The highest BCUT2D eigenvalue weighted by Gasteiger charge is 2.01. The first-order valence-electron chi connectivity index (χ1n) is 6.45. The van der Waals surface area contributed by atoms with Gasteiger partial charge in [0.05, 0.1) is 11.6 Å². The van der Waals surface area contributed by atoms with Crippen LogP contribution in [-0.4, -0.2) is 0 Å². The molecule has 19 heavy (non-hydrogen) atoms. The van der Waals surface area contributed by atoms with Crippen LogP contribution >= 0.6 is 0 Å². The number of nitrogens with one attached hydrogen (secondary N) is 1. The maximum absolute atomic E-state index is 8.87. The minimum absolute atomic E-state index is 0.714. The SMILES string of the molecule is Cc1cccc(C)c1CNCc1cccc(C#N)c1. The number of benzene rings is 2. The number of hydrogen-bond acceptors (Lipinski definition) is 2. The van der Waals surface area contributed by atoms with E-state index in [1.807, 2.05) is 24.3 Å². The normalized spacial score (nSPS) is 10.2. The summed E-state index contributed by atoms with van der Waals surface area (Å²) in [7, 11) is 0. The van der Waals surface area contributed by atoms with Crippen molar-refractivity contribution in [2.45, 2.75) is 26.9 Å². The molecule has 0 amide bonds. The quantitative estimate of drug-likeness (QED) is 0.902. The van der Waals surface area contributed by atoms with E-state index in [-0.39, 0.29) is 0 Å². The Bertz CT molecular complexity index is 589. The van der Waals surface area contributed by atoms with Gasteiger partial charge in [0, 0.05) is 13.1 Å². The summed E-state index contributed by atoms with van der Waals surface area (Å²) in [5, 5.41) is 12.3. The molecular weight excluding hydrogens is 232 g/mol. The van der Waals surface area contributed by atoms with E-state index in [0.29, 0.717) is 5.56 Å². The number of hydrogen-bond donors (Lipinski definition) is 1. The van der Waals surface area contributed by atoms with Crippen molar-refractivity contribution >= 4 is 0 Å². The van der Waals surface area contributed by atoms with Crippen molar-refractivity contribution in [1.82, 2.24) is 5.32 Å². The van der Waals surface area contributed by atoms with E-state index in [2.05, 4.69) is 43.4 Å². The first-order chi connectivity index (χ1) is 9.20. The fourth-order valence-electron chi connectivity index (χ4n) is 2.21. The molecule has 0 saturated carbocycles. The standard InChI is InChI=1S/C17H18N2/c1-13-5-3-6-14(2)17(13)12-19-11-16-8-4-7-15(9-16)10-18/h3-9,19H,11-12H2,1-2H3. The van der Waals surface area contributed by atoms with Crippen LogP contribution in [0, 0.1) is 25.2 Å². The van der Waals surface area contributed by atoms with Crippen LogP contribution in [-0.2, 0) is 13.1 Å². The number of rotatable bonds is 4. The lowest BCUT2D eigenvalue weighted by atomic mass is 10.0. The molecule has 2 nitrogen and oxygen atoms in total. The molecule has 0 atom stereocenters. The highest BCUT2D eigenvalue weighted by molar-refractivity contribution is 5.34. The molecule has 1 N–H and O–H groups in total. The third-order valence-electron chi connectivity index (χ3n) is 3.33. The minimum Gasteiger partial charge on any atom is -0.309 e. The van der Waals surface area contributed by atoms with Crippen molar-refractivity contribution < 1.29 is 0 Å². The predicted molar refractivity (Wildman–Crippen MR) is 77.6 cm³/mol. The Morgan fingerprint density at radius 3 is 2.37 bits per heavy atom. The van der Waals surface area contributed by atoms with Crippen molar-refractivity contribution in [2.24, 2.45) is 0 Å². The van der Waals surface area contributed by atoms with Gasteiger partial charge < -0.3 is 5.32 Å². The Morgan fingerprint density at radius 1 is 1.00 bits per heavy atom. The van der Waals surface area contributed by atoms with Crippen LogP contribution in [0.1, 0.15) is 27.8 Å². The number of nitriles is 1. The molecule has 96 valence electrons. The third-order valence-corrected chi connectivity index (χ3v) is 3.33. The van der Waals surface area contributed by atoms with Crippen LogP contribution in [0.25, 0.3) is 0 Å². The molecule has 0 aromatic heterocycles. The summed E-state index contributed by atoms with van der Waals surface area (Å²) in [6.07, 6.45) is 0. The van der Waals surface area contributed by atoms with Gasteiger partial charge in [-0.1, -0.05) is 30.3 Å². The molecule has 0 aliphatic rings. The lowest BCUT2D eigenvalue weighted by Crippen LogP contribution is -2.14. The first kappa shape index (κ1) is 13.3. The van der Waals surface area contributed by atoms with Crippen LogP contribution in [0.3, 0.4) is 0 Å². The molecule has 2 aromatic rings. The average molecular weight is 250 g/mol. The zero-order chi connectivity index (χ0) is 13.7. The molecule has 2 heteroatoms. The van der Waals surface area contributed by atoms with Gasteiger partial charge in [-0.2, -0.15) is 5.26 Å². The largest absolute Gasteiger partial charge is 0.309 e. The third kappa shape index (κ3) is 3.43. The Morgan fingerprint density at radius 2 is 1.68 bits per heavy atom. The lowest BCUT2D eigenvalue weighted by Gasteiger charge is -2.11. The zero-order valence-corrected chi connectivity index (χ0v) is 11.4. The maximum Gasteiger partial charge on any atom is 0.0991 e. The molecule has 0 aliphatic heterocycles. The monoisotopic (exact) mass is 250 g/mol. The number of aryl methyl sites for hydroxylation is 2. The molecule has 2 aromatic carbocycles. The molecule has 0 fully saturated rings. The highest BCUT2D eigenvalue weighted by atomic mass is 14.8. The highest BCUT2D eigenvalue weighted by Crippen LogP contribution is 2.13. The van der Waals surface area contributed by atoms with E-state index >= 15 is 0 Å². The summed E-state index contributed by atoms with van der Waals surface area (Å²) in [5.41, 5.74) is 5.85. The predicted octanol–water partition coefficient (Wildman–Crippen LogP) is 3.46. The summed E-state index contributed by atoms with van der Waals surface area (Å²) in [6.45, 7) is 5.92. The molecule has 0 aliphatic carbocycles. The van der Waals surface area contributed by atoms with Crippen molar-refractivity contribution in [1.29, 1.82) is 5.26 Å². The van der Waals surface area contributed by atoms with Crippen LogP contribution in [0.4, 0.5) is 0 Å². The van der Waals surface area contributed by atoms with Crippen LogP contribution < -0.4 is 5.32 Å². The van der Waals surface area contributed by atoms with E-state index in [9.17, 15) is 0 Å². The second kappa shape index (κ2) is 6.17. The van der Waals surface area contributed by atoms with E-state index in [4.69, 9.17) is 5.26 Å². The average Bonchev–Trinajstić information content (AvgIpc) is 2.42. The van der Waals surface area contributed by atoms with Gasteiger partial charge in [0.2, 0.25) is 0 Å². The van der Waals surface area contributed by atoms with Crippen LogP contribution in [0.5, 0.6) is 0 Å². The summed E-state index contributed by atoms with van der Waals surface area (Å²) < 4.78 is 0. The van der Waals surface area contributed by atoms with Gasteiger partial charge in [-0.05, 0) is 48.2 Å².